The molecule has 0 heterocycles. The fourth-order valence-electron chi connectivity index (χ4n) is 0.911. The van der Waals surface area contributed by atoms with Crippen LogP contribution in [0.5, 0.6) is 5.75 Å². The van der Waals surface area contributed by atoms with Crippen LogP contribution >= 0.6 is 0 Å². The Morgan fingerprint density at radius 2 is 1.86 bits per heavy atom. The summed E-state index contributed by atoms with van der Waals surface area (Å²) in [7, 11) is -3.38. The monoisotopic (exact) mass is 213 g/mol. The van der Waals surface area contributed by atoms with Crippen LogP contribution < -0.4 is 4.74 Å². The Balaban J connectivity index is 2.77. The van der Waals surface area contributed by atoms with Gasteiger partial charge < -0.3 is 4.74 Å². The van der Waals surface area contributed by atoms with Crippen molar-refractivity contribution in [3.63, 3.8) is 0 Å². The largest absolute Gasteiger partial charge is 0.443 e. The summed E-state index contributed by atoms with van der Waals surface area (Å²) in [5.74, 6) is 0.677. The Kier molecular flexibility index (Phi) is 3.24. The molecule has 4 nitrogen and oxygen atoms in total. The van der Waals surface area contributed by atoms with Gasteiger partial charge in [0.1, 0.15) is 5.75 Å². The topological polar surface area (TPSA) is 55.7 Å². The lowest BCUT2D eigenvalue weighted by Crippen LogP contribution is -2.06. The average molecular weight is 213 g/mol. The molecule has 0 atom stereocenters. The van der Waals surface area contributed by atoms with E-state index in [1.54, 1.807) is 24.3 Å². The van der Waals surface area contributed by atoms with Crippen molar-refractivity contribution in [1.82, 2.24) is 0 Å². The zero-order valence-electron chi connectivity index (χ0n) is 7.97. The molecule has 1 rings (SSSR count). The quantitative estimate of drug-likeness (QED) is 0.551. The third-order valence-electron chi connectivity index (χ3n) is 1.30. The number of sulfonamides is 1. The molecule has 0 aliphatic heterocycles. The fraction of sp³-hybridized carbons (Fsp3) is 0.222. The van der Waals surface area contributed by atoms with E-state index in [1.807, 2.05) is 6.07 Å². The van der Waals surface area contributed by atoms with E-state index >= 15 is 0 Å². The first-order valence-electron chi connectivity index (χ1n) is 3.97. The molecule has 14 heavy (non-hydrogen) atoms. The highest BCUT2D eigenvalue weighted by atomic mass is 32.2. The molecule has 0 aliphatic rings. The summed E-state index contributed by atoms with van der Waals surface area (Å²) in [5, 5.41) is 0. The zero-order chi connectivity index (χ0) is 10.6. The van der Waals surface area contributed by atoms with E-state index in [-0.39, 0.29) is 5.90 Å². The molecule has 0 aromatic heterocycles. The molecule has 0 aliphatic carbocycles. The van der Waals surface area contributed by atoms with E-state index in [4.69, 9.17) is 4.74 Å². The summed E-state index contributed by atoms with van der Waals surface area (Å²) in [6.45, 7) is 1.49. The second kappa shape index (κ2) is 4.23. The van der Waals surface area contributed by atoms with E-state index in [9.17, 15) is 8.42 Å². The fourth-order valence-corrected chi connectivity index (χ4v) is 1.42. The van der Waals surface area contributed by atoms with Crippen molar-refractivity contribution >= 4 is 15.9 Å². The molecule has 0 fully saturated rings. The molecule has 1 aromatic rings. The Labute approximate surface area is 83.3 Å². The Morgan fingerprint density at radius 1 is 1.29 bits per heavy atom. The lowest BCUT2D eigenvalue weighted by molar-refractivity contribution is 0.545. The third kappa shape index (κ3) is 4.04. The minimum absolute atomic E-state index is 0.110. The van der Waals surface area contributed by atoms with Gasteiger partial charge in [0.15, 0.2) is 0 Å². The Bertz CT molecular complexity index is 423. The van der Waals surface area contributed by atoms with Crippen LogP contribution in [0, 0.1) is 0 Å². The molecule has 0 bridgehead atoms. The first kappa shape index (κ1) is 10.7. The Morgan fingerprint density at radius 3 is 2.36 bits per heavy atom. The highest BCUT2D eigenvalue weighted by molar-refractivity contribution is 7.89. The SMILES string of the molecule is C/C(=N/S(C)(=O)=O)Oc1ccccc1. The van der Waals surface area contributed by atoms with Gasteiger partial charge >= 0.3 is 0 Å². The van der Waals surface area contributed by atoms with Crippen LogP contribution in [-0.4, -0.2) is 20.6 Å². The van der Waals surface area contributed by atoms with Crippen molar-refractivity contribution in [2.45, 2.75) is 6.92 Å². The number of benzene rings is 1. The van der Waals surface area contributed by atoms with Gasteiger partial charge in [0.2, 0.25) is 5.90 Å². The maximum atomic E-state index is 10.8. The zero-order valence-corrected chi connectivity index (χ0v) is 8.78. The maximum Gasteiger partial charge on any atom is 0.253 e. The minimum atomic E-state index is -3.38. The molecule has 0 spiro atoms. The molecule has 0 amide bonds. The van der Waals surface area contributed by atoms with Crippen molar-refractivity contribution < 1.29 is 13.2 Å². The van der Waals surface area contributed by atoms with Crippen molar-refractivity contribution in [3.05, 3.63) is 30.3 Å². The summed E-state index contributed by atoms with van der Waals surface area (Å²) >= 11 is 0. The van der Waals surface area contributed by atoms with Gasteiger partial charge in [-0.3, -0.25) is 0 Å². The predicted molar refractivity (Wildman–Crippen MR) is 55.0 cm³/mol. The number of hydrogen-bond acceptors (Lipinski definition) is 3. The van der Waals surface area contributed by atoms with Crippen molar-refractivity contribution in [3.8, 4) is 5.75 Å². The lowest BCUT2D eigenvalue weighted by atomic mass is 10.3. The van der Waals surface area contributed by atoms with E-state index in [0.717, 1.165) is 6.26 Å². The normalized spacial score (nSPS) is 12.6. The number of ether oxygens (including phenoxy) is 1. The average Bonchev–Trinajstić information content (AvgIpc) is 2.02. The molecule has 0 unspecified atom stereocenters. The maximum absolute atomic E-state index is 10.8. The first-order chi connectivity index (χ1) is 6.47. The van der Waals surface area contributed by atoms with E-state index in [1.165, 1.54) is 6.92 Å². The van der Waals surface area contributed by atoms with Crippen LogP contribution in [0.4, 0.5) is 0 Å². The van der Waals surface area contributed by atoms with Crippen LogP contribution in [0.15, 0.2) is 34.7 Å². The van der Waals surface area contributed by atoms with E-state index < -0.39 is 10.0 Å². The predicted octanol–water partition coefficient (Wildman–Crippen LogP) is 1.44. The first-order valence-corrected chi connectivity index (χ1v) is 5.82. The summed E-state index contributed by atoms with van der Waals surface area (Å²) in [6.07, 6.45) is 1.02. The third-order valence-corrected chi connectivity index (χ3v) is 1.89. The van der Waals surface area contributed by atoms with Gasteiger partial charge in [-0.15, -0.1) is 4.40 Å². The summed E-state index contributed by atoms with van der Waals surface area (Å²) in [4.78, 5) is 0. The van der Waals surface area contributed by atoms with E-state index in [0.29, 0.717) is 5.75 Å². The van der Waals surface area contributed by atoms with Crippen LogP contribution in [0.1, 0.15) is 6.92 Å². The highest BCUT2D eigenvalue weighted by Crippen LogP contribution is 2.08. The van der Waals surface area contributed by atoms with Gasteiger partial charge in [-0.05, 0) is 12.1 Å². The molecule has 1 aromatic carbocycles. The van der Waals surface area contributed by atoms with Crippen LogP contribution in [0.2, 0.25) is 0 Å². The summed E-state index contributed by atoms with van der Waals surface area (Å²) < 4.78 is 30.1. The number of nitrogens with zero attached hydrogens (tertiary/aromatic N) is 1. The summed E-state index contributed by atoms with van der Waals surface area (Å²) in [5.41, 5.74) is 0. The summed E-state index contributed by atoms with van der Waals surface area (Å²) in [6, 6.07) is 8.88. The molecule has 5 heteroatoms. The molecular formula is C9H11NO3S. The lowest BCUT2D eigenvalue weighted by Gasteiger charge is -2.02. The van der Waals surface area contributed by atoms with Crippen molar-refractivity contribution in [2.75, 3.05) is 6.26 Å². The molecular weight excluding hydrogens is 202 g/mol. The number of para-hydroxylation sites is 1. The van der Waals surface area contributed by atoms with Crippen LogP contribution in [0.25, 0.3) is 0 Å². The van der Waals surface area contributed by atoms with Gasteiger partial charge in [-0.2, -0.15) is 0 Å². The van der Waals surface area contributed by atoms with Gasteiger partial charge in [0, 0.05) is 6.92 Å². The second-order valence-electron chi connectivity index (χ2n) is 2.76. The molecule has 76 valence electrons. The smallest absolute Gasteiger partial charge is 0.253 e. The van der Waals surface area contributed by atoms with Crippen LogP contribution in [0.3, 0.4) is 0 Å². The minimum Gasteiger partial charge on any atom is -0.443 e. The van der Waals surface area contributed by atoms with Crippen molar-refractivity contribution in [1.29, 1.82) is 0 Å². The Hall–Kier alpha value is -1.36. The molecule has 0 saturated carbocycles. The van der Waals surface area contributed by atoms with Crippen LogP contribution in [-0.2, 0) is 10.0 Å². The number of hydrogen-bond donors (Lipinski definition) is 0. The molecule has 0 saturated heterocycles. The highest BCUT2D eigenvalue weighted by Gasteiger charge is 2.00. The standard InChI is InChI=1S/C9H11NO3S/c1-8(10-14(2,11)12)13-9-6-4-3-5-7-9/h3-7H,1-2H3/b10-8-. The van der Waals surface area contributed by atoms with Crippen molar-refractivity contribution in [2.24, 2.45) is 4.40 Å². The molecule has 0 N–H and O–H groups in total. The second-order valence-corrected chi connectivity index (χ2v) is 4.41. The van der Waals surface area contributed by atoms with Gasteiger partial charge in [-0.25, -0.2) is 8.42 Å². The number of rotatable bonds is 2. The molecule has 0 radical (unpaired) electrons. The van der Waals surface area contributed by atoms with Gasteiger partial charge in [-0.1, -0.05) is 18.2 Å². The van der Waals surface area contributed by atoms with Gasteiger partial charge in [0.25, 0.3) is 10.0 Å². The van der Waals surface area contributed by atoms with E-state index in [2.05, 4.69) is 4.40 Å². The van der Waals surface area contributed by atoms with Gasteiger partial charge in [0.05, 0.1) is 6.26 Å².